The number of carboxylic acid groups (broad SMARTS) is 1. The van der Waals surface area contributed by atoms with Crippen molar-refractivity contribution in [2.24, 2.45) is 5.92 Å². The lowest BCUT2D eigenvalue weighted by Crippen LogP contribution is -2.33. The Kier molecular flexibility index (Phi) is 3.49. The molecule has 1 aliphatic carbocycles. The third-order valence-electron chi connectivity index (χ3n) is 4.89. The number of hydrogen-bond acceptors (Lipinski definition) is 2. The molecule has 0 spiro atoms. The number of nitrogens with one attached hydrogen (secondary N) is 2. The Balaban J connectivity index is 1.59. The molecule has 4 rings (SSSR count). The van der Waals surface area contributed by atoms with Crippen molar-refractivity contribution < 1.29 is 14.7 Å². The van der Waals surface area contributed by atoms with Crippen LogP contribution < -0.4 is 5.32 Å². The number of aromatic nitrogens is 1. The monoisotopic (exact) mass is 322 g/mol. The molecule has 1 amide bonds. The molecule has 1 aliphatic rings. The van der Waals surface area contributed by atoms with Gasteiger partial charge in [-0.25, -0.2) is 0 Å². The molecule has 3 aromatic rings. The minimum absolute atomic E-state index is 0.0678. The van der Waals surface area contributed by atoms with E-state index in [2.05, 4.69) is 10.3 Å². The predicted molar refractivity (Wildman–Crippen MR) is 92.0 cm³/mol. The van der Waals surface area contributed by atoms with Gasteiger partial charge in [-0.1, -0.05) is 30.3 Å². The van der Waals surface area contributed by atoms with E-state index in [0.717, 1.165) is 21.7 Å². The summed E-state index contributed by atoms with van der Waals surface area (Å²) in [7, 11) is 0. The van der Waals surface area contributed by atoms with Crippen LogP contribution >= 0.6 is 0 Å². The summed E-state index contributed by atoms with van der Waals surface area (Å²) >= 11 is 0. The van der Waals surface area contributed by atoms with Gasteiger partial charge in [-0.3, -0.25) is 9.59 Å². The minimum atomic E-state index is -0.774. The lowest BCUT2D eigenvalue weighted by molar-refractivity contribution is -0.141. The highest BCUT2D eigenvalue weighted by atomic mass is 16.4. The van der Waals surface area contributed by atoms with E-state index in [1.165, 1.54) is 0 Å². The topological polar surface area (TPSA) is 82.2 Å². The Morgan fingerprint density at radius 2 is 1.92 bits per heavy atom. The quantitative estimate of drug-likeness (QED) is 0.692. The Hall–Kier alpha value is -2.82. The van der Waals surface area contributed by atoms with Crippen molar-refractivity contribution in [2.45, 2.75) is 25.3 Å². The molecule has 0 aliphatic heterocycles. The molecule has 2 aromatic carbocycles. The molecule has 1 fully saturated rings. The highest BCUT2D eigenvalue weighted by Crippen LogP contribution is 2.28. The molecule has 0 bridgehead atoms. The first-order chi connectivity index (χ1) is 11.6. The predicted octanol–water partition coefficient (Wildman–Crippen LogP) is 3.30. The van der Waals surface area contributed by atoms with Gasteiger partial charge in [0.25, 0.3) is 5.91 Å². The van der Waals surface area contributed by atoms with E-state index in [-0.39, 0.29) is 17.9 Å². The molecule has 0 saturated heterocycles. The summed E-state index contributed by atoms with van der Waals surface area (Å²) in [5.74, 6) is -1.29. The van der Waals surface area contributed by atoms with Gasteiger partial charge in [0.15, 0.2) is 0 Å². The zero-order valence-electron chi connectivity index (χ0n) is 13.1. The summed E-state index contributed by atoms with van der Waals surface area (Å²) in [5.41, 5.74) is 1.44. The molecule has 1 heterocycles. The molecule has 0 unspecified atom stereocenters. The van der Waals surface area contributed by atoms with Crippen molar-refractivity contribution in [2.75, 3.05) is 0 Å². The molecular weight excluding hydrogens is 304 g/mol. The number of carbonyl (C=O) groups excluding carboxylic acids is 1. The van der Waals surface area contributed by atoms with Crippen LogP contribution in [0.2, 0.25) is 0 Å². The zero-order chi connectivity index (χ0) is 16.7. The van der Waals surface area contributed by atoms with Gasteiger partial charge < -0.3 is 15.4 Å². The van der Waals surface area contributed by atoms with Crippen molar-refractivity contribution in [1.29, 1.82) is 0 Å². The average Bonchev–Trinajstić information content (AvgIpc) is 3.21. The van der Waals surface area contributed by atoms with Crippen LogP contribution in [0, 0.1) is 5.92 Å². The number of hydrogen-bond donors (Lipinski definition) is 3. The molecule has 5 heteroatoms. The van der Waals surface area contributed by atoms with Crippen LogP contribution in [0.25, 0.3) is 21.7 Å². The number of aliphatic carboxylic acids is 1. The summed E-state index contributed by atoms with van der Waals surface area (Å²) in [5, 5.41) is 15.3. The maximum Gasteiger partial charge on any atom is 0.306 e. The summed E-state index contributed by atoms with van der Waals surface area (Å²) < 4.78 is 0. The van der Waals surface area contributed by atoms with E-state index in [1.54, 1.807) is 0 Å². The van der Waals surface area contributed by atoms with Crippen molar-refractivity contribution in [3.8, 4) is 0 Å². The molecular formula is C19H18N2O3. The van der Waals surface area contributed by atoms with Crippen molar-refractivity contribution in [1.82, 2.24) is 10.3 Å². The lowest BCUT2D eigenvalue weighted by atomic mass is 10.1. The van der Waals surface area contributed by atoms with Gasteiger partial charge in [-0.05, 0) is 42.2 Å². The average molecular weight is 322 g/mol. The fourth-order valence-corrected chi connectivity index (χ4v) is 3.61. The number of carboxylic acids is 1. The third-order valence-corrected chi connectivity index (χ3v) is 4.89. The van der Waals surface area contributed by atoms with Gasteiger partial charge in [0.1, 0.15) is 5.69 Å². The highest BCUT2D eigenvalue weighted by molar-refractivity contribution is 6.09. The number of H-pyrrole nitrogens is 1. The number of rotatable bonds is 3. The van der Waals surface area contributed by atoms with Crippen molar-refractivity contribution in [3.63, 3.8) is 0 Å². The molecule has 24 heavy (non-hydrogen) atoms. The van der Waals surface area contributed by atoms with E-state index in [9.17, 15) is 9.59 Å². The zero-order valence-corrected chi connectivity index (χ0v) is 13.1. The van der Waals surface area contributed by atoms with E-state index >= 15 is 0 Å². The molecule has 3 N–H and O–H groups in total. The second-order valence-electron chi connectivity index (χ2n) is 6.45. The van der Waals surface area contributed by atoms with E-state index in [4.69, 9.17) is 5.11 Å². The van der Waals surface area contributed by atoms with Gasteiger partial charge in [0.05, 0.1) is 5.92 Å². The first kappa shape index (κ1) is 14.8. The molecule has 1 aromatic heterocycles. The number of benzene rings is 2. The van der Waals surface area contributed by atoms with E-state index in [1.807, 2.05) is 42.5 Å². The number of fused-ring (bicyclic) bond motifs is 3. The third kappa shape index (κ3) is 2.52. The van der Waals surface area contributed by atoms with E-state index < -0.39 is 5.97 Å². The highest BCUT2D eigenvalue weighted by Gasteiger charge is 2.30. The van der Waals surface area contributed by atoms with Gasteiger partial charge in [0, 0.05) is 16.9 Å². The fourth-order valence-electron chi connectivity index (χ4n) is 3.61. The van der Waals surface area contributed by atoms with Crippen LogP contribution in [0.5, 0.6) is 0 Å². The first-order valence-corrected chi connectivity index (χ1v) is 8.16. The smallest absolute Gasteiger partial charge is 0.306 e. The van der Waals surface area contributed by atoms with Crippen LogP contribution in [0.15, 0.2) is 42.5 Å². The van der Waals surface area contributed by atoms with Crippen LogP contribution in [0.1, 0.15) is 29.8 Å². The van der Waals surface area contributed by atoms with Crippen molar-refractivity contribution in [3.05, 3.63) is 48.2 Å². The lowest BCUT2D eigenvalue weighted by Gasteiger charge is -2.11. The largest absolute Gasteiger partial charge is 0.481 e. The maximum absolute atomic E-state index is 12.5. The molecule has 1 saturated carbocycles. The maximum atomic E-state index is 12.5. The van der Waals surface area contributed by atoms with Crippen molar-refractivity contribution >= 4 is 33.6 Å². The standard InChI is InChI=1S/C19H18N2O3/c22-18(20-13-7-5-12(9-13)19(23)24)17-10-15-14-4-2-1-3-11(14)6-8-16(15)21-17/h1-4,6,8,10,12-13,21H,5,7,9H2,(H,20,22)(H,23,24)/t12-,13+/m0/s1. The summed E-state index contributed by atoms with van der Waals surface area (Å²) in [6.45, 7) is 0. The summed E-state index contributed by atoms with van der Waals surface area (Å²) in [6, 6.07) is 13.9. The van der Waals surface area contributed by atoms with Crippen LogP contribution in [0.3, 0.4) is 0 Å². The van der Waals surface area contributed by atoms with Gasteiger partial charge >= 0.3 is 5.97 Å². The first-order valence-electron chi connectivity index (χ1n) is 8.16. The molecule has 5 nitrogen and oxygen atoms in total. The van der Waals surface area contributed by atoms with Crippen LogP contribution in [-0.4, -0.2) is 28.0 Å². The Morgan fingerprint density at radius 1 is 1.08 bits per heavy atom. The summed E-state index contributed by atoms with van der Waals surface area (Å²) in [6.07, 6.45) is 1.84. The number of carbonyl (C=O) groups is 2. The van der Waals surface area contributed by atoms with Crippen LogP contribution in [-0.2, 0) is 4.79 Å². The van der Waals surface area contributed by atoms with Gasteiger partial charge in [0.2, 0.25) is 0 Å². The second kappa shape index (κ2) is 5.67. The Labute approximate surface area is 138 Å². The molecule has 0 radical (unpaired) electrons. The SMILES string of the molecule is O=C(N[C@@H]1CC[C@H](C(=O)O)C1)c1cc2c(ccc3ccccc32)[nH]1. The molecule has 2 atom stereocenters. The Bertz CT molecular complexity index is 944. The number of amides is 1. The minimum Gasteiger partial charge on any atom is -0.481 e. The molecule has 122 valence electrons. The fraction of sp³-hybridized carbons (Fsp3) is 0.263. The second-order valence-corrected chi connectivity index (χ2v) is 6.45. The summed E-state index contributed by atoms with van der Waals surface area (Å²) in [4.78, 5) is 26.7. The Morgan fingerprint density at radius 3 is 2.71 bits per heavy atom. The van der Waals surface area contributed by atoms with E-state index in [0.29, 0.717) is 25.0 Å². The van der Waals surface area contributed by atoms with Crippen LogP contribution in [0.4, 0.5) is 0 Å². The normalized spacial score (nSPS) is 20.5. The van der Waals surface area contributed by atoms with Gasteiger partial charge in [-0.15, -0.1) is 0 Å². The van der Waals surface area contributed by atoms with Gasteiger partial charge in [-0.2, -0.15) is 0 Å². The number of aromatic amines is 1.